The summed E-state index contributed by atoms with van der Waals surface area (Å²) in [5, 5.41) is 21.3. The van der Waals surface area contributed by atoms with Gasteiger partial charge < -0.3 is 15.2 Å². The average Bonchev–Trinajstić information content (AvgIpc) is 3.13. The quantitative estimate of drug-likeness (QED) is 0.684. The van der Waals surface area contributed by atoms with Gasteiger partial charge in [-0.15, -0.1) is 10.2 Å². The first-order chi connectivity index (χ1) is 12.6. The molecule has 0 unspecified atom stereocenters. The molecule has 0 saturated carbocycles. The SMILES string of the molecule is COc1ccc(/C=C(\Cl)c2nnc(C(=O)Nc3ccccc3)s2)cc1O. The van der Waals surface area contributed by atoms with Crippen LogP contribution in [0.3, 0.4) is 0 Å². The summed E-state index contributed by atoms with van der Waals surface area (Å²) in [5.74, 6) is 0.0199. The third kappa shape index (κ3) is 4.19. The fourth-order valence-corrected chi connectivity index (χ4v) is 3.05. The van der Waals surface area contributed by atoms with Crippen LogP contribution < -0.4 is 10.1 Å². The van der Waals surface area contributed by atoms with Crippen molar-refractivity contribution in [2.24, 2.45) is 0 Å². The molecule has 0 saturated heterocycles. The molecule has 6 nitrogen and oxygen atoms in total. The van der Waals surface area contributed by atoms with E-state index in [1.807, 2.05) is 18.2 Å². The monoisotopic (exact) mass is 387 g/mol. The summed E-state index contributed by atoms with van der Waals surface area (Å²) in [7, 11) is 1.47. The highest BCUT2D eigenvalue weighted by Crippen LogP contribution is 2.30. The predicted octanol–water partition coefficient (Wildman–Crippen LogP) is 4.24. The number of benzene rings is 2. The lowest BCUT2D eigenvalue weighted by Crippen LogP contribution is -2.11. The molecule has 0 spiro atoms. The highest BCUT2D eigenvalue weighted by Gasteiger charge is 2.15. The second-order valence-electron chi connectivity index (χ2n) is 5.16. The molecule has 132 valence electrons. The van der Waals surface area contributed by atoms with E-state index in [9.17, 15) is 9.90 Å². The highest BCUT2D eigenvalue weighted by molar-refractivity contribution is 7.15. The van der Waals surface area contributed by atoms with Crippen LogP contribution in [0.1, 0.15) is 20.4 Å². The van der Waals surface area contributed by atoms with Gasteiger partial charge in [0.2, 0.25) is 5.01 Å². The average molecular weight is 388 g/mol. The first kappa shape index (κ1) is 17.9. The first-order valence-electron chi connectivity index (χ1n) is 7.51. The van der Waals surface area contributed by atoms with E-state index in [0.29, 0.717) is 27.0 Å². The van der Waals surface area contributed by atoms with E-state index < -0.39 is 0 Å². The summed E-state index contributed by atoms with van der Waals surface area (Å²) in [5.41, 5.74) is 1.34. The van der Waals surface area contributed by atoms with Crippen molar-refractivity contribution in [3.05, 3.63) is 64.1 Å². The van der Waals surface area contributed by atoms with Crippen molar-refractivity contribution >= 4 is 45.6 Å². The lowest BCUT2D eigenvalue weighted by molar-refractivity contribution is 0.102. The summed E-state index contributed by atoms with van der Waals surface area (Å²) < 4.78 is 5.00. The smallest absolute Gasteiger partial charge is 0.286 e. The lowest BCUT2D eigenvalue weighted by Gasteiger charge is -2.03. The number of phenolic OH excluding ortho intramolecular Hbond substituents is 1. The molecule has 0 radical (unpaired) electrons. The molecule has 1 aromatic heterocycles. The Morgan fingerprint density at radius 2 is 1.92 bits per heavy atom. The first-order valence-corrected chi connectivity index (χ1v) is 8.71. The summed E-state index contributed by atoms with van der Waals surface area (Å²) >= 11 is 7.35. The van der Waals surface area contributed by atoms with Crippen molar-refractivity contribution in [1.29, 1.82) is 0 Å². The molecule has 3 aromatic rings. The molecular weight excluding hydrogens is 374 g/mol. The third-order valence-electron chi connectivity index (χ3n) is 3.35. The van der Waals surface area contributed by atoms with Gasteiger partial charge in [0.25, 0.3) is 5.91 Å². The van der Waals surface area contributed by atoms with Gasteiger partial charge in [-0.05, 0) is 35.9 Å². The number of amides is 1. The molecule has 2 aromatic carbocycles. The number of hydrogen-bond donors (Lipinski definition) is 2. The van der Waals surface area contributed by atoms with Gasteiger partial charge in [-0.1, -0.05) is 47.2 Å². The summed E-state index contributed by atoms with van der Waals surface area (Å²) in [6, 6.07) is 14.0. The van der Waals surface area contributed by atoms with Crippen LogP contribution in [0.5, 0.6) is 11.5 Å². The Balaban J connectivity index is 1.76. The minimum atomic E-state index is -0.355. The van der Waals surface area contributed by atoms with Crippen LogP contribution >= 0.6 is 22.9 Å². The predicted molar refractivity (Wildman–Crippen MR) is 103 cm³/mol. The van der Waals surface area contributed by atoms with Crippen molar-refractivity contribution in [2.75, 3.05) is 12.4 Å². The number of aromatic nitrogens is 2. The lowest BCUT2D eigenvalue weighted by atomic mass is 10.2. The molecule has 0 bridgehead atoms. The van der Waals surface area contributed by atoms with E-state index in [0.717, 1.165) is 11.3 Å². The number of aromatic hydroxyl groups is 1. The zero-order chi connectivity index (χ0) is 18.5. The second kappa shape index (κ2) is 7.99. The van der Waals surface area contributed by atoms with Gasteiger partial charge in [0, 0.05) is 5.69 Å². The minimum Gasteiger partial charge on any atom is -0.504 e. The van der Waals surface area contributed by atoms with Crippen molar-refractivity contribution in [3.8, 4) is 11.5 Å². The number of anilines is 1. The zero-order valence-electron chi connectivity index (χ0n) is 13.6. The van der Waals surface area contributed by atoms with Crippen LogP contribution in [0.25, 0.3) is 11.1 Å². The van der Waals surface area contributed by atoms with Crippen molar-refractivity contribution in [3.63, 3.8) is 0 Å². The number of hydrogen-bond acceptors (Lipinski definition) is 6. The topological polar surface area (TPSA) is 84.3 Å². The van der Waals surface area contributed by atoms with Gasteiger partial charge in [0.05, 0.1) is 12.1 Å². The highest BCUT2D eigenvalue weighted by atomic mass is 35.5. The number of carbonyl (C=O) groups is 1. The number of phenols is 1. The molecule has 0 aliphatic rings. The zero-order valence-corrected chi connectivity index (χ0v) is 15.2. The summed E-state index contributed by atoms with van der Waals surface area (Å²) in [6.07, 6.45) is 1.63. The molecule has 1 amide bonds. The van der Waals surface area contributed by atoms with Crippen LogP contribution in [-0.4, -0.2) is 28.3 Å². The number of carbonyl (C=O) groups excluding carboxylic acids is 1. The van der Waals surface area contributed by atoms with Gasteiger partial charge in [-0.3, -0.25) is 4.79 Å². The Morgan fingerprint density at radius 1 is 1.19 bits per heavy atom. The number of ether oxygens (including phenoxy) is 1. The molecule has 0 aliphatic carbocycles. The Morgan fingerprint density at radius 3 is 2.62 bits per heavy atom. The molecule has 1 heterocycles. The fourth-order valence-electron chi connectivity index (χ4n) is 2.12. The molecule has 26 heavy (non-hydrogen) atoms. The second-order valence-corrected chi connectivity index (χ2v) is 6.54. The fraction of sp³-hybridized carbons (Fsp3) is 0.0556. The van der Waals surface area contributed by atoms with Crippen LogP contribution in [0.15, 0.2) is 48.5 Å². The van der Waals surface area contributed by atoms with Gasteiger partial charge >= 0.3 is 0 Å². The number of rotatable bonds is 5. The standard InChI is InChI=1S/C18H14ClN3O3S/c1-25-15-8-7-11(10-14(15)23)9-13(19)17-21-22-18(26-17)16(24)20-12-5-3-2-4-6-12/h2-10,23H,1H3,(H,20,24)/b13-9-. The number of halogens is 1. The largest absolute Gasteiger partial charge is 0.504 e. The molecule has 2 N–H and O–H groups in total. The number of methoxy groups -OCH3 is 1. The third-order valence-corrected chi connectivity index (χ3v) is 4.71. The van der Waals surface area contributed by atoms with Gasteiger partial charge in [0.15, 0.2) is 16.5 Å². The molecule has 3 rings (SSSR count). The maximum atomic E-state index is 12.2. The summed E-state index contributed by atoms with van der Waals surface area (Å²) in [6.45, 7) is 0. The van der Waals surface area contributed by atoms with E-state index in [2.05, 4.69) is 15.5 Å². The normalized spacial score (nSPS) is 11.2. The van der Waals surface area contributed by atoms with Crippen LogP contribution in [0, 0.1) is 0 Å². The van der Waals surface area contributed by atoms with E-state index in [1.54, 1.807) is 30.3 Å². The van der Waals surface area contributed by atoms with E-state index in [4.69, 9.17) is 16.3 Å². The molecule has 0 fully saturated rings. The Labute approximate surface area is 158 Å². The van der Waals surface area contributed by atoms with Crippen LogP contribution in [0.4, 0.5) is 5.69 Å². The number of nitrogens with one attached hydrogen (secondary N) is 1. The van der Waals surface area contributed by atoms with Gasteiger partial charge in [-0.25, -0.2) is 0 Å². The van der Waals surface area contributed by atoms with Crippen molar-refractivity contribution in [2.45, 2.75) is 0 Å². The number of para-hydroxylation sites is 1. The van der Waals surface area contributed by atoms with Crippen molar-refractivity contribution in [1.82, 2.24) is 10.2 Å². The summed E-state index contributed by atoms with van der Waals surface area (Å²) in [4.78, 5) is 12.2. The van der Waals surface area contributed by atoms with Gasteiger partial charge in [0.1, 0.15) is 0 Å². The minimum absolute atomic E-state index is 0.00547. The van der Waals surface area contributed by atoms with Crippen molar-refractivity contribution < 1.29 is 14.6 Å². The Bertz CT molecular complexity index is 957. The molecule has 0 atom stereocenters. The van der Waals surface area contributed by atoms with E-state index in [-0.39, 0.29) is 16.7 Å². The van der Waals surface area contributed by atoms with Crippen LogP contribution in [-0.2, 0) is 0 Å². The van der Waals surface area contributed by atoms with Crippen LogP contribution in [0.2, 0.25) is 0 Å². The van der Waals surface area contributed by atoms with E-state index in [1.165, 1.54) is 13.2 Å². The maximum Gasteiger partial charge on any atom is 0.286 e. The maximum absolute atomic E-state index is 12.2. The van der Waals surface area contributed by atoms with Gasteiger partial charge in [-0.2, -0.15) is 0 Å². The molecule has 8 heteroatoms. The Hall–Kier alpha value is -2.90. The molecule has 0 aliphatic heterocycles. The Kier molecular flexibility index (Phi) is 5.50. The molecular formula is C18H14ClN3O3S. The van der Waals surface area contributed by atoms with E-state index >= 15 is 0 Å². The number of nitrogens with zero attached hydrogens (tertiary/aromatic N) is 2.